The van der Waals surface area contributed by atoms with Gasteiger partial charge in [0.25, 0.3) is 0 Å². The van der Waals surface area contributed by atoms with Crippen LogP contribution < -0.4 is 10.6 Å². The number of benzene rings is 1. The first-order valence-corrected chi connectivity index (χ1v) is 7.38. The third-order valence-corrected chi connectivity index (χ3v) is 3.18. The van der Waals surface area contributed by atoms with Crippen molar-refractivity contribution < 1.29 is 19.1 Å². The monoisotopic (exact) mass is 310 g/mol. The molecule has 5 nitrogen and oxygen atoms in total. The Morgan fingerprint density at radius 3 is 2.59 bits per heavy atom. The van der Waals surface area contributed by atoms with Gasteiger partial charge in [0.15, 0.2) is 0 Å². The molecule has 0 heterocycles. The number of hydrogen-bond acceptors (Lipinski definition) is 3. The topological polar surface area (TPSA) is 78.4 Å². The minimum Gasteiger partial charge on any atom is -0.396 e. The van der Waals surface area contributed by atoms with Gasteiger partial charge < -0.3 is 15.7 Å². The van der Waals surface area contributed by atoms with Crippen molar-refractivity contribution in [1.29, 1.82) is 0 Å². The summed E-state index contributed by atoms with van der Waals surface area (Å²) in [7, 11) is 0. The Kier molecular flexibility index (Phi) is 7.52. The Balaban J connectivity index is 2.47. The maximum atomic E-state index is 13.0. The van der Waals surface area contributed by atoms with Crippen LogP contribution in [0.15, 0.2) is 24.3 Å². The first kappa shape index (κ1) is 18.1. The molecule has 0 aliphatic heterocycles. The quantitative estimate of drug-likeness (QED) is 0.673. The number of rotatable bonds is 7. The summed E-state index contributed by atoms with van der Waals surface area (Å²) in [6.45, 7) is 4.49. The van der Waals surface area contributed by atoms with Crippen LogP contribution in [-0.2, 0) is 9.59 Å². The zero-order valence-electron chi connectivity index (χ0n) is 12.9. The number of amides is 2. The third kappa shape index (κ3) is 6.67. The lowest BCUT2D eigenvalue weighted by Crippen LogP contribution is -2.38. The molecule has 0 aromatic heterocycles. The van der Waals surface area contributed by atoms with Gasteiger partial charge in [-0.05, 0) is 42.9 Å². The Morgan fingerprint density at radius 1 is 1.27 bits per heavy atom. The molecule has 3 N–H and O–H groups in total. The standard InChI is InChI=1S/C16H23FN2O3/c1-11(2)8-12(6-7-20)10-18-15(21)16(22)19-14-5-3-4-13(17)9-14/h3-5,9,11-12,20H,6-8,10H2,1-2H3,(H,18,21)(H,19,22). The van der Waals surface area contributed by atoms with Crippen molar-refractivity contribution in [1.82, 2.24) is 5.32 Å². The smallest absolute Gasteiger partial charge is 0.313 e. The zero-order chi connectivity index (χ0) is 16.5. The molecule has 0 aliphatic rings. The van der Waals surface area contributed by atoms with E-state index in [4.69, 9.17) is 5.11 Å². The van der Waals surface area contributed by atoms with Gasteiger partial charge in [0.1, 0.15) is 5.82 Å². The largest absolute Gasteiger partial charge is 0.396 e. The molecule has 1 aromatic carbocycles. The second-order valence-corrected chi connectivity index (χ2v) is 5.68. The molecule has 6 heteroatoms. The third-order valence-electron chi connectivity index (χ3n) is 3.18. The maximum Gasteiger partial charge on any atom is 0.313 e. The van der Waals surface area contributed by atoms with E-state index in [0.717, 1.165) is 12.5 Å². The summed E-state index contributed by atoms with van der Waals surface area (Å²) in [5.74, 6) is -1.53. The molecule has 1 rings (SSSR count). The number of hydrogen-bond donors (Lipinski definition) is 3. The zero-order valence-corrected chi connectivity index (χ0v) is 12.9. The molecule has 22 heavy (non-hydrogen) atoms. The summed E-state index contributed by atoms with van der Waals surface area (Å²) in [6, 6.07) is 5.34. The molecule has 2 amide bonds. The molecule has 1 aromatic rings. The fourth-order valence-electron chi connectivity index (χ4n) is 2.22. The van der Waals surface area contributed by atoms with E-state index in [9.17, 15) is 14.0 Å². The number of aliphatic hydroxyl groups excluding tert-OH is 1. The second-order valence-electron chi connectivity index (χ2n) is 5.68. The Hall–Kier alpha value is -1.95. The average Bonchev–Trinajstić information content (AvgIpc) is 2.44. The molecule has 0 saturated heterocycles. The summed E-state index contributed by atoms with van der Waals surface area (Å²) in [5.41, 5.74) is 0.231. The van der Waals surface area contributed by atoms with Crippen molar-refractivity contribution in [3.05, 3.63) is 30.1 Å². The van der Waals surface area contributed by atoms with Crippen LogP contribution in [0.4, 0.5) is 10.1 Å². The minimum absolute atomic E-state index is 0.0444. The van der Waals surface area contributed by atoms with Gasteiger partial charge in [-0.3, -0.25) is 9.59 Å². The van der Waals surface area contributed by atoms with E-state index < -0.39 is 17.6 Å². The van der Waals surface area contributed by atoms with Crippen LogP contribution in [0.1, 0.15) is 26.7 Å². The number of aliphatic hydroxyl groups is 1. The molecule has 0 bridgehead atoms. The fraction of sp³-hybridized carbons (Fsp3) is 0.500. The highest BCUT2D eigenvalue weighted by Crippen LogP contribution is 2.14. The van der Waals surface area contributed by atoms with E-state index in [1.807, 2.05) is 0 Å². The van der Waals surface area contributed by atoms with Gasteiger partial charge in [-0.1, -0.05) is 19.9 Å². The minimum atomic E-state index is -0.835. The summed E-state index contributed by atoms with van der Waals surface area (Å²) >= 11 is 0. The van der Waals surface area contributed by atoms with Crippen LogP contribution in [0.2, 0.25) is 0 Å². The van der Waals surface area contributed by atoms with E-state index in [0.29, 0.717) is 18.9 Å². The molecular formula is C16H23FN2O3. The van der Waals surface area contributed by atoms with E-state index in [2.05, 4.69) is 24.5 Å². The van der Waals surface area contributed by atoms with E-state index in [-0.39, 0.29) is 18.2 Å². The molecule has 122 valence electrons. The highest BCUT2D eigenvalue weighted by Gasteiger charge is 2.17. The van der Waals surface area contributed by atoms with Crippen molar-refractivity contribution in [2.24, 2.45) is 11.8 Å². The van der Waals surface area contributed by atoms with Crippen molar-refractivity contribution in [3.63, 3.8) is 0 Å². The van der Waals surface area contributed by atoms with Gasteiger partial charge in [0, 0.05) is 18.8 Å². The predicted octanol–water partition coefficient (Wildman–Crippen LogP) is 1.93. The molecular weight excluding hydrogens is 287 g/mol. The second kappa shape index (κ2) is 9.15. The van der Waals surface area contributed by atoms with Crippen molar-refractivity contribution in [2.45, 2.75) is 26.7 Å². The number of nitrogens with one attached hydrogen (secondary N) is 2. The highest BCUT2D eigenvalue weighted by atomic mass is 19.1. The van der Waals surface area contributed by atoms with Crippen molar-refractivity contribution >= 4 is 17.5 Å². The predicted molar refractivity (Wildman–Crippen MR) is 82.7 cm³/mol. The van der Waals surface area contributed by atoms with Gasteiger partial charge >= 0.3 is 11.8 Å². The van der Waals surface area contributed by atoms with Crippen LogP contribution >= 0.6 is 0 Å². The normalized spacial score (nSPS) is 12.0. The Labute approximate surface area is 129 Å². The van der Waals surface area contributed by atoms with Gasteiger partial charge in [0.2, 0.25) is 0 Å². The number of anilines is 1. The van der Waals surface area contributed by atoms with Crippen molar-refractivity contribution in [3.8, 4) is 0 Å². The molecule has 0 fully saturated rings. The van der Waals surface area contributed by atoms with E-state index in [1.165, 1.54) is 18.2 Å². The first-order chi connectivity index (χ1) is 10.4. The molecule has 0 saturated carbocycles. The highest BCUT2D eigenvalue weighted by molar-refractivity contribution is 6.39. The van der Waals surface area contributed by atoms with E-state index >= 15 is 0 Å². The van der Waals surface area contributed by atoms with Gasteiger partial charge in [0.05, 0.1) is 0 Å². The maximum absolute atomic E-state index is 13.0. The number of carbonyl (C=O) groups is 2. The van der Waals surface area contributed by atoms with Gasteiger partial charge in [-0.15, -0.1) is 0 Å². The summed E-state index contributed by atoms with van der Waals surface area (Å²) in [6.07, 6.45) is 1.43. The van der Waals surface area contributed by atoms with E-state index in [1.54, 1.807) is 0 Å². The lowest BCUT2D eigenvalue weighted by Gasteiger charge is -2.18. The molecule has 1 atom stereocenters. The fourth-order valence-corrected chi connectivity index (χ4v) is 2.22. The Bertz CT molecular complexity index is 506. The van der Waals surface area contributed by atoms with Crippen molar-refractivity contribution in [2.75, 3.05) is 18.5 Å². The van der Waals surface area contributed by atoms with Gasteiger partial charge in [-0.25, -0.2) is 4.39 Å². The van der Waals surface area contributed by atoms with Crippen LogP contribution in [0.25, 0.3) is 0 Å². The number of carbonyl (C=O) groups excluding carboxylic acids is 2. The lowest BCUT2D eigenvalue weighted by atomic mass is 9.94. The SMILES string of the molecule is CC(C)CC(CCO)CNC(=O)C(=O)Nc1cccc(F)c1. The average molecular weight is 310 g/mol. The van der Waals surface area contributed by atoms with Gasteiger partial charge in [-0.2, -0.15) is 0 Å². The Morgan fingerprint density at radius 2 is 2.00 bits per heavy atom. The molecule has 0 radical (unpaired) electrons. The summed E-state index contributed by atoms with van der Waals surface area (Å²) in [4.78, 5) is 23.5. The van der Waals surface area contributed by atoms with Crippen LogP contribution in [-0.4, -0.2) is 30.1 Å². The van der Waals surface area contributed by atoms with Crippen LogP contribution in [0.3, 0.4) is 0 Å². The van der Waals surface area contributed by atoms with Crippen LogP contribution in [0, 0.1) is 17.7 Å². The summed E-state index contributed by atoms with van der Waals surface area (Å²) < 4.78 is 13.0. The molecule has 1 unspecified atom stereocenters. The molecule has 0 aliphatic carbocycles. The number of halogens is 1. The first-order valence-electron chi connectivity index (χ1n) is 7.38. The lowest BCUT2D eigenvalue weighted by molar-refractivity contribution is -0.136. The molecule has 0 spiro atoms. The van der Waals surface area contributed by atoms with Crippen LogP contribution in [0.5, 0.6) is 0 Å². The summed E-state index contributed by atoms with van der Waals surface area (Å²) in [5, 5.41) is 13.9.